The molecule has 2 aromatic rings. The average molecular weight is 344 g/mol. The standard InChI is InChI=1S/C17H24N6O2/c1-7-13-11(9-19-23(13)17(4,5)6)14(24)21-22-16-12(8-18)20-15(25-16)10(2)3/h9-10,22H,7H2,1-6H3,(H,21,24). The molecule has 8 nitrogen and oxygen atoms in total. The predicted octanol–water partition coefficient (Wildman–Crippen LogP) is 2.94. The summed E-state index contributed by atoms with van der Waals surface area (Å²) in [5.41, 5.74) is 6.40. The fourth-order valence-electron chi connectivity index (χ4n) is 2.41. The Bertz CT molecular complexity index is 804. The summed E-state index contributed by atoms with van der Waals surface area (Å²) in [5, 5.41) is 13.5. The molecule has 2 N–H and O–H groups in total. The molecule has 0 aliphatic carbocycles. The zero-order chi connectivity index (χ0) is 18.8. The van der Waals surface area contributed by atoms with Gasteiger partial charge in [-0.3, -0.25) is 20.3 Å². The first-order chi connectivity index (χ1) is 11.7. The number of nitrogens with zero attached hydrogens (tertiary/aromatic N) is 4. The van der Waals surface area contributed by atoms with Gasteiger partial charge < -0.3 is 4.42 Å². The molecule has 0 spiro atoms. The minimum Gasteiger partial charge on any atom is -0.422 e. The van der Waals surface area contributed by atoms with Gasteiger partial charge in [-0.2, -0.15) is 10.4 Å². The second kappa shape index (κ2) is 6.97. The maximum Gasteiger partial charge on any atom is 0.273 e. The van der Waals surface area contributed by atoms with Gasteiger partial charge in [-0.25, -0.2) is 4.98 Å². The Morgan fingerprint density at radius 1 is 1.44 bits per heavy atom. The van der Waals surface area contributed by atoms with Crippen molar-refractivity contribution in [1.82, 2.24) is 20.2 Å². The summed E-state index contributed by atoms with van der Waals surface area (Å²) in [5.74, 6) is 0.248. The van der Waals surface area contributed by atoms with Gasteiger partial charge in [-0.15, -0.1) is 0 Å². The van der Waals surface area contributed by atoms with Crippen LogP contribution in [0.4, 0.5) is 5.88 Å². The Morgan fingerprint density at radius 3 is 2.64 bits per heavy atom. The van der Waals surface area contributed by atoms with Crippen LogP contribution in [0.1, 0.15) is 75.1 Å². The first-order valence-corrected chi connectivity index (χ1v) is 8.23. The molecular weight excluding hydrogens is 320 g/mol. The Balaban J connectivity index is 2.19. The van der Waals surface area contributed by atoms with E-state index in [-0.39, 0.29) is 28.9 Å². The van der Waals surface area contributed by atoms with Gasteiger partial charge in [0.15, 0.2) is 0 Å². The van der Waals surface area contributed by atoms with Crippen LogP contribution >= 0.6 is 0 Å². The average Bonchev–Trinajstić information content (AvgIpc) is 3.15. The van der Waals surface area contributed by atoms with Crippen molar-refractivity contribution in [2.24, 2.45) is 0 Å². The number of anilines is 1. The lowest BCUT2D eigenvalue weighted by Crippen LogP contribution is -2.31. The van der Waals surface area contributed by atoms with Crippen LogP contribution in [-0.4, -0.2) is 20.7 Å². The molecule has 25 heavy (non-hydrogen) atoms. The first kappa shape index (κ1) is 18.5. The Morgan fingerprint density at radius 2 is 2.12 bits per heavy atom. The zero-order valence-electron chi connectivity index (χ0n) is 15.5. The van der Waals surface area contributed by atoms with Crippen LogP contribution in [-0.2, 0) is 12.0 Å². The van der Waals surface area contributed by atoms with Gasteiger partial charge in [0.2, 0.25) is 11.6 Å². The van der Waals surface area contributed by atoms with E-state index in [2.05, 4.69) is 20.9 Å². The van der Waals surface area contributed by atoms with Crippen LogP contribution < -0.4 is 10.9 Å². The summed E-state index contributed by atoms with van der Waals surface area (Å²) in [7, 11) is 0. The molecule has 0 saturated heterocycles. The smallest absolute Gasteiger partial charge is 0.273 e. The number of carbonyl (C=O) groups excluding carboxylic acids is 1. The fourth-order valence-corrected chi connectivity index (χ4v) is 2.41. The molecule has 0 aliphatic rings. The molecule has 0 unspecified atom stereocenters. The number of hydrogen-bond acceptors (Lipinski definition) is 6. The molecule has 8 heteroatoms. The second-order valence-electron chi connectivity index (χ2n) is 7.02. The van der Waals surface area contributed by atoms with Gasteiger partial charge in [0.1, 0.15) is 6.07 Å². The number of aromatic nitrogens is 3. The van der Waals surface area contributed by atoms with Gasteiger partial charge in [0, 0.05) is 5.92 Å². The largest absolute Gasteiger partial charge is 0.422 e. The number of rotatable bonds is 5. The van der Waals surface area contributed by atoms with E-state index in [0.29, 0.717) is 17.9 Å². The molecule has 0 fully saturated rings. The van der Waals surface area contributed by atoms with Crippen molar-refractivity contribution in [3.63, 3.8) is 0 Å². The molecule has 0 atom stereocenters. The molecule has 0 aromatic carbocycles. The van der Waals surface area contributed by atoms with Gasteiger partial charge in [-0.05, 0) is 27.2 Å². The third-order valence-corrected chi connectivity index (χ3v) is 3.62. The third kappa shape index (κ3) is 3.82. The van der Waals surface area contributed by atoms with Crippen molar-refractivity contribution in [1.29, 1.82) is 5.26 Å². The van der Waals surface area contributed by atoms with E-state index in [0.717, 1.165) is 5.69 Å². The van der Waals surface area contributed by atoms with Crippen LogP contribution in [0, 0.1) is 11.3 Å². The quantitative estimate of drug-likeness (QED) is 0.807. The van der Waals surface area contributed by atoms with Gasteiger partial charge >= 0.3 is 0 Å². The van der Waals surface area contributed by atoms with E-state index in [9.17, 15) is 4.79 Å². The highest BCUT2D eigenvalue weighted by atomic mass is 16.4. The predicted molar refractivity (Wildman–Crippen MR) is 93.0 cm³/mol. The molecule has 0 bridgehead atoms. The molecule has 0 saturated carbocycles. The van der Waals surface area contributed by atoms with E-state index < -0.39 is 0 Å². The molecule has 0 radical (unpaired) electrons. The SMILES string of the molecule is CCc1c(C(=O)NNc2oc(C(C)C)nc2C#N)cnn1C(C)(C)C. The fraction of sp³-hybridized carbons (Fsp3) is 0.529. The highest BCUT2D eigenvalue weighted by Gasteiger charge is 2.23. The highest BCUT2D eigenvalue weighted by Crippen LogP contribution is 2.22. The summed E-state index contributed by atoms with van der Waals surface area (Å²) in [6, 6.07) is 1.95. The number of nitriles is 1. The van der Waals surface area contributed by atoms with Crippen molar-refractivity contribution in [3.8, 4) is 6.07 Å². The molecule has 2 rings (SSSR count). The topological polar surface area (TPSA) is 109 Å². The lowest BCUT2D eigenvalue weighted by molar-refractivity contribution is 0.0960. The van der Waals surface area contributed by atoms with E-state index in [1.165, 1.54) is 0 Å². The van der Waals surface area contributed by atoms with E-state index in [4.69, 9.17) is 9.68 Å². The van der Waals surface area contributed by atoms with Crippen molar-refractivity contribution in [2.75, 3.05) is 5.43 Å². The Kier molecular flexibility index (Phi) is 5.16. The number of oxazole rings is 1. The van der Waals surface area contributed by atoms with E-state index in [1.54, 1.807) is 6.20 Å². The summed E-state index contributed by atoms with van der Waals surface area (Å²) in [6.07, 6.45) is 2.22. The monoisotopic (exact) mass is 344 g/mol. The minimum absolute atomic E-state index is 0.0371. The van der Waals surface area contributed by atoms with Crippen molar-refractivity contribution >= 4 is 11.8 Å². The normalized spacial score (nSPS) is 11.4. The second-order valence-corrected chi connectivity index (χ2v) is 7.02. The number of hydrogen-bond donors (Lipinski definition) is 2. The number of nitrogens with one attached hydrogen (secondary N) is 2. The van der Waals surface area contributed by atoms with Crippen molar-refractivity contribution in [3.05, 3.63) is 29.0 Å². The van der Waals surface area contributed by atoms with Crippen molar-refractivity contribution < 1.29 is 9.21 Å². The van der Waals surface area contributed by atoms with E-state index >= 15 is 0 Å². The number of hydrazine groups is 1. The number of carbonyl (C=O) groups is 1. The lowest BCUT2D eigenvalue weighted by atomic mass is 10.1. The highest BCUT2D eigenvalue weighted by molar-refractivity contribution is 5.95. The zero-order valence-corrected chi connectivity index (χ0v) is 15.5. The van der Waals surface area contributed by atoms with Crippen LogP contribution in [0.15, 0.2) is 10.6 Å². The van der Waals surface area contributed by atoms with Crippen LogP contribution in [0.3, 0.4) is 0 Å². The minimum atomic E-state index is -0.348. The summed E-state index contributed by atoms with van der Waals surface area (Å²) >= 11 is 0. The summed E-state index contributed by atoms with van der Waals surface area (Å²) in [6.45, 7) is 11.9. The maximum absolute atomic E-state index is 12.5. The lowest BCUT2D eigenvalue weighted by Gasteiger charge is -2.22. The van der Waals surface area contributed by atoms with Crippen LogP contribution in [0.25, 0.3) is 0 Å². The van der Waals surface area contributed by atoms with Crippen molar-refractivity contribution in [2.45, 2.75) is 59.4 Å². The molecule has 0 aliphatic heterocycles. The molecule has 2 aromatic heterocycles. The van der Waals surface area contributed by atoms with Crippen LogP contribution in [0.2, 0.25) is 0 Å². The molecule has 134 valence electrons. The Labute approximate surface area is 147 Å². The Hall–Kier alpha value is -2.82. The number of amides is 1. The molecular formula is C17H24N6O2. The van der Waals surface area contributed by atoms with Gasteiger partial charge in [0.25, 0.3) is 11.8 Å². The third-order valence-electron chi connectivity index (χ3n) is 3.62. The first-order valence-electron chi connectivity index (χ1n) is 8.23. The van der Waals surface area contributed by atoms with Gasteiger partial charge in [0.05, 0.1) is 23.0 Å². The summed E-state index contributed by atoms with van der Waals surface area (Å²) in [4.78, 5) is 16.6. The molecule has 2 heterocycles. The van der Waals surface area contributed by atoms with E-state index in [1.807, 2.05) is 52.3 Å². The van der Waals surface area contributed by atoms with Crippen LogP contribution in [0.5, 0.6) is 0 Å². The summed E-state index contributed by atoms with van der Waals surface area (Å²) < 4.78 is 7.33. The molecule has 1 amide bonds. The van der Waals surface area contributed by atoms with Gasteiger partial charge in [-0.1, -0.05) is 20.8 Å². The maximum atomic E-state index is 12.5.